The van der Waals surface area contributed by atoms with Gasteiger partial charge in [0.1, 0.15) is 12.4 Å². The van der Waals surface area contributed by atoms with E-state index in [9.17, 15) is 0 Å². The second-order valence-electron chi connectivity index (χ2n) is 6.79. The van der Waals surface area contributed by atoms with Gasteiger partial charge in [0.05, 0.1) is 6.26 Å². The maximum atomic E-state index is 5.59. The van der Waals surface area contributed by atoms with Crippen molar-refractivity contribution in [1.82, 2.24) is 10.6 Å². The first-order valence-electron chi connectivity index (χ1n) is 9.32. The van der Waals surface area contributed by atoms with Gasteiger partial charge in [0.25, 0.3) is 0 Å². The third kappa shape index (κ3) is 8.26. The summed E-state index contributed by atoms with van der Waals surface area (Å²) in [7, 11) is 3.60. The summed E-state index contributed by atoms with van der Waals surface area (Å²) < 4.78 is 16.1. The van der Waals surface area contributed by atoms with Crippen LogP contribution in [0.1, 0.15) is 44.3 Å². The number of methoxy groups -OCH3 is 1. The molecule has 0 radical (unpaired) electrons. The third-order valence-electron chi connectivity index (χ3n) is 4.94. The molecular weight excluding hydrogens is 445 g/mol. The van der Waals surface area contributed by atoms with E-state index in [1.54, 1.807) is 13.4 Å². The summed E-state index contributed by atoms with van der Waals surface area (Å²) in [6, 6.07) is 3.80. The molecule has 0 aliphatic heterocycles. The van der Waals surface area contributed by atoms with Gasteiger partial charge in [0, 0.05) is 40.5 Å². The van der Waals surface area contributed by atoms with Crippen LogP contribution < -0.4 is 10.6 Å². The highest BCUT2D eigenvalue weighted by Crippen LogP contribution is 2.40. The molecule has 7 heteroatoms. The van der Waals surface area contributed by atoms with Crippen LogP contribution in [0.4, 0.5) is 0 Å². The first-order chi connectivity index (χ1) is 12.3. The third-order valence-corrected chi connectivity index (χ3v) is 4.94. The minimum atomic E-state index is 0. The zero-order valence-corrected chi connectivity index (χ0v) is 18.4. The second kappa shape index (κ2) is 13.4. The Morgan fingerprint density at radius 2 is 2.08 bits per heavy atom. The minimum Gasteiger partial charge on any atom is -0.467 e. The lowest BCUT2D eigenvalue weighted by atomic mass is 9.83. The highest BCUT2D eigenvalue weighted by atomic mass is 127. The van der Waals surface area contributed by atoms with Crippen molar-refractivity contribution in [2.75, 3.05) is 40.5 Å². The van der Waals surface area contributed by atoms with Gasteiger partial charge in [-0.2, -0.15) is 0 Å². The number of nitrogens with zero attached hydrogens (tertiary/aromatic N) is 1. The molecule has 1 aliphatic rings. The molecule has 150 valence electrons. The topological polar surface area (TPSA) is 68.0 Å². The Kier molecular flexibility index (Phi) is 12.0. The van der Waals surface area contributed by atoms with Gasteiger partial charge in [-0.05, 0) is 43.2 Å². The van der Waals surface area contributed by atoms with E-state index in [4.69, 9.17) is 13.9 Å². The lowest BCUT2D eigenvalue weighted by Crippen LogP contribution is -2.43. The van der Waals surface area contributed by atoms with E-state index in [0.717, 1.165) is 44.3 Å². The molecule has 1 heterocycles. The summed E-state index contributed by atoms with van der Waals surface area (Å²) in [5, 5.41) is 6.87. The second-order valence-corrected chi connectivity index (χ2v) is 6.79. The Morgan fingerprint density at radius 1 is 1.27 bits per heavy atom. The van der Waals surface area contributed by atoms with E-state index in [-0.39, 0.29) is 24.0 Å². The van der Waals surface area contributed by atoms with E-state index in [1.165, 1.54) is 25.7 Å². The number of halogens is 1. The molecule has 1 aromatic heterocycles. The fourth-order valence-electron chi connectivity index (χ4n) is 3.40. The van der Waals surface area contributed by atoms with Crippen molar-refractivity contribution < 1.29 is 13.9 Å². The van der Waals surface area contributed by atoms with Crippen molar-refractivity contribution in [3.8, 4) is 0 Å². The van der Waals surface area contributed by atoms with Crippen molar-refractivity contribution in [2.45, 2.75) is 45.1 Å². The number of ether oxygens (including phenoxy) is 2. The van der Waals surface area contributed by atoms with Gasteiger partial charge in [-0.25, -0.2) is 0 Å². The van der Waals surface area contributed by atoms with Gasteiger partial charge in [-0.3, -0.25) is 4.99 Å². The number of rotatable bonds is 11. The minimum absolute atomic E-state index is 0. The van der Waals surface area contributed by atoms with Crippen molar-refractivity contribution in [3.63, 3.8) is 0 Å². The van der Waals surface area contributed by atoms with Crippen LogP contribution in [0, 0.1) is 5.41 Å². The fourth-order valence-corrected chi connectivity index (χ4v) is 3.40. The van der Waals surface area contributed by atoms with Gasteiger partial charge in [-0.1, -0.05) is 12.8 Å². The van der Waals surface area contributed by atoms with Gasteiger partial charge < -0.3 is 24.5 Å². The molecule has 2 N–H and O–H groups in total. The van der Waals surface area contributed by atoms with Crippen molar-refractivity contribution in [1.29, 1.82) is 0 Å². The Labute approximate surface area is 174 Å². The van der Waals surface area contributed by atoms with Crippen LogP contribution in [0.5, 0.6) is 0 Å². The Hall–Kier alpha value is -0.800. The van der Waals surface area contributed by atoms with Gasteiger partial charge in [0.15, 0.2) is 5.96 Å². The van der Waals surface area contributed by atoms with E-state index in [1.807, 2.05) is 19.2 Å². The van der Waals surface area contributed by atoms with Crippen LogP contribution in [0.15, 0.2) is 27.8 Å². The quantitative estimate of drug-likeness (QED) is 0.220. The summed E-state index contributed by atoms with van der Waals surface area (Å²) in [4.78, 5) is 4.33. The Bertz CT molecular complexity index is 488. The zero-order chi connectivity index (χ0) is 17.8. The number of hydrogen-bond donors (Lipinski definition) is 2. The van der Waals surface area contributed by atoms with Crippen LogP contribution in [0.25, 0.3) is 0 Å². The van der Waals surface area contributed by atoms with Crippen LogP contribution >= 0.6 is 24.0 Å². The van der Waals surface area contributed by atoms with E-state index in [0.29, 0.717) is 18.6 Å². The number of aliphatic imine (C=N–C) groups is 1. The van der Waals surface area contributed by atoms with Crippen LogP contribution in [-0.2, 0) is 16.1 Å². The molecule has 1 aromatic rings. The van der Waals surface area contributed by atoms with Crippen molar-refractivity contribution in [3.05, 3.63) is 24.2 Å². The van der Waals surface area contributed by atoms with Crippen molar-refractivity contribution in [2.24, 2.45) is 10.4 Å². The SMILES string of the molecule is CN=C(NCCCOCc1ccco1)NCC1(CCOC)CCCC1.I. The van der Waals surface area contributed by atoms with Crippen LogP contribution in [0.3, 0.4) is 0 Å². The molecule has 0 unspecified atom stereocenters. The molecule has 0 spiro atoms. The van der Waals surface area contributed by atoms with E-state index < -0.39 is 0 Å². The molecule has 1 aliphatic carbocycles. The first-order valence-corrected chi connectivity index (χ1v) is 9.32. The largest absolute Gasteiger partial charge is 0.467 e. The van der Waals surface area contributed by atoms with Crippen LogP contribution in [-0.4, -0.2) is 46.4 Å². The zero-order valence-electron chi connectivity index (χ0n) is 16.1. The summed E-state index contributed by atoms with van der Waals surface area (Å²) in [5.74, 6) is 1.73. The molecule has 2 rings (SSSR count). The first kappa shape index (κ1) is 23.2. The average Bonchev–Trinajstić information content (AvgIpc) is 3.31. The highest BCUT2D eigenvalue weighted by molar-refractivity contribution is 14.0. The standard InChI is InChI=1S/C19H33N3O3.HI/c1-20-18(21-11-6-12-24-15-17-7-5-13-25-17)22-16-19(10-14-23-2)8-3-4-9-19;/h5,7,13H,3-4,6,8-12,14-16H2,1-2H3,(H2,20,21,22);1H. The molecule has 1 saturated carbocycles. The monoisotopic (exact) mass is 479 g/mol. The number of furan rings is 1. The van der Waals surface area contributed by atoms with Gasteiger partial charge in [-0.15, -0.1) is 24.0 Å². The molecular formula is C19H34IN3O3. The molecule has 1 fully saturated rings. The summed E-state index contributed by atoms with van der Waals surface area (Å²) in [6.45, 7) is 3.86. The summed E-state index contributed by atoms with van der Waals surface area (Å²) >= 11 is 0. The molecule has 0 saturated heterocycles. The Morgan fingerprint density at radius 3 is 2.73 bits per heavy atom. The molecule has 6 nitrogen and oxygen atoms in total. The van der Waals surface area contributed by atoms with Gasteiger partial charge >= 0.3 is 0 Å². The average molecular weight is 479 g/mol. The predicted molar refractivity (Wildman–Crippen MR) is 115 cm³/mol. The van der Waals surface area contributed by atoms with E-state index in [2.05, 4.69) is 15.6 Å². The summed E-state index contributed by atoms with van der Waals surface area (Å²) in [5.41, 5.74) is 0.361. The normalized spacial score (nSPS) is 16.3. The number of nitrogens with one attached hydrogen (secondary N) is 2. The highest BCUT2D eigenvalue weighted by Gasteiger charge is 2.33. The molecule has 0 amide bonds. The molecule has 0 aromatic carbocycles. The van der Waals surface area contributed by atoms with Gasteiger partial charge in [0.2, 0.25) is 0 Å². The molecule has 0 bridgehead atoms. The summed E-state index contributed by atoms with van der Waals surface area (Å²) in [6.07, 6.45) is 8.92. The lowest BCUT2D eigenvalue weighted by Gasteiger charge is -2.30. The predicted octanol–water partition coefficient (Wildman–Crippen LogP) is 3.57. The fraction of sp³-hybridized carbons (Fsp3) is 0.737. The maximum Gasteiger partial charge on any atom is 0.190 e. The molecule has 26 heavy (non-hydrogen) atoms. The lowest BCUT2D eigenvalue weighted by molar-refractivity contribution is 0.105. The van der Waals surface area contributed by atoms with E-state index >= 15 is 0 Å². The number of hydrogen-bond acceptors (Lipinski definition) is 4. The number of guanidine groups is 1. The maximum absolute atomic E-state index is 5.59. The Balaban J connectivity index is 0.00000338. The molecule has 0 atom stereocenters. The smallest absolute Gasteiger partial charge is 0.190 e. The van der Waals surface area contributed by atoms with Crippen LogP contribution in [0.2, 0.25) is 0 Å². The van der Waals surface area contributed by atoms with Crippen molar-refractivity contribution >= 4 is 29.9 Å².